The average Bonchev–Trinajstić information content (AvgIpc) is 2.34. The summed E-state index contributed by atoms with van der Waals surface area (Å²) in [5.41, 5.74) is 0.141. The first-order chi connectivity index (χ1) is 9.06. The molecule has 0 unspecified atom stereocenters. The van der Waals surface area contributed by atoms with Crippen molar-refractivity contribution in [3.63, 3.8) is 0 Å². The fraction of sp³-hybridized carbons (Fsp3) is 0.0833. The number of nitrogens with one attached hydrogen (secondary N) is 1. The van der Waals surface area contributed by atoms with Crippen LogP contribution in [0.4, 0.5) is 10.2 Å². The second kappa shape index (κ2) is 5.95. The summed E-state index contributed by atoms with van der Waals surface area (Å²) in [4.78, 5) is 19.3. The number of amides is 1. The van der Waals surface area contributed by atoms with Gasteiger partial charge < -0.3 is 5.32 Å². The predicted molar refractivity (Wildman–Crippen MR) is 70.8 cm³/mol. The molecule has 4 nitrogen and oxygen atoms in total. The zero-order valence-corrected chi connectivity index (χ0v) is 11.0. The minimum absolute atomic E-state index is 0.141. The molecule has 0 saturated carbocycles. The molecule has 98 valence electrons. The number of carbonyl (C=O) groups excluding carboxylic acids is 1. The van der Waals surface area contributed by atoms with Gasteiger partial charge in [0, 0.05) is 16.7 Å². The first-order valence-corrected chi connectivity index (χ1v) is 6.02. The molecule has 0 aliphatic rings. The number of nitrogens with zero attached hydrogens (tertiary/aromatic N) is 2. The molecule has 2 rings (SSSR count). The van der Waals surface area contributed by atoms with Gasteiger partial charge in [-0.15, -0.1) is 0 Å². The number of anilines is 1. The van der Waals surface area contributed by atoms with E-state index in [0.717, 1.165) is 0 Å². The van der Waals surface area contributed by atoms with Crippen molar-refractivity contribution in [1.82, 2.24) is 9.97 Å². The van der Waals surface area contributed by atoms with E-state index in [9.17, 15) is 9.18 Å². The Morgan fingerprint density at radius 2 is 2.11 bits per heavy atom. The molecule has 0 aliphatic carbocycles. The molecule has 0 radical (unpaired) electrons. The molecule has 0 aliphatic heterocycles. The first-order valence-electron chi connectivity index (χ1n) is 5.26. The highest BCUT2D eigenvalue weighted by Gasteiger charge is 2.12. The topological polar surface area (TPSA) is 54.9 Å². The highest BCUT2D eigenvalue weighted by Crippen LogP contribution is 2.20. The maximum Gasteiger partial charge on any atom is 0.230 e. The molecule has 0 atom stereocenters. The molecular formula is C12H8Cl2FN3O. The number of aromatic nitrogens is 2. The van der Waals surface area contributed by atoms with Crippen LogP contribution in [0.25, 0.3) is 0 Å². The van der Waals surface area contributed by atoms with Crippen LogP contribution in [0.15, 0.2) is 30.6 Å². The lowest BCUT2D eigenvalue weighted by atomic mass is 10.1. The summed E-state index contributed by atoms with van der Waals surface area (Å²) in [5.74, 6) is -0.720. The SMILES string of the molecule is O=C(Cc1c(F)cccc1Cl)Nc1cc(Cl)ncn1. The van der Waals surface area contributed by atoms with Crippen LogP contribution in [0.5, 0.6) is 0 Å². The first kappa shape index (κ1) is 13.7. The highest BCUT2D eigenvalue weighted by molar-refractivity contribution is 6.31. The Morgan fingerprint density at radius 1 is 1.32 bits per heavy atom. The Balaban J connectivity index is 2.10. The second-order valence-electron chi connectivity index (χ2n) is 3.65. The quantitative estimate of drug-likeness (QED) is 0.886. The van der Waals surface area contributed by atoms with E-state index in [0.29, 0.717) is 0 Å². The largest absolute Gasteiger partial charge is 0.310 e. The molecule has 1 heterocycles. The summed E-state index contributed by atoms with van der Waals surface area (Å²) in [6.45, 7) is 0. The van der Waals surface area contributed by atoms with Gasteiger partial charge in [-0.2, -0.15) is 0 Å². The van der Waals surface area contributed by atoms with Crippen molar-refractivity contribution in [1.29, 1.82) is 0 Å². The predicted octanol–water partition coefficient (Wildman–Crippen LogP) is 3.10. The lowest BCUT2D eigenvalue weighted by molar-refractivity contribution is -0.115. The van der Waals surface area contributed by atoms with Crippen LogP contribution in [0.2, 0.25) is 10.2 Å². The van der Waals surface area contributed by atoms with Crippen LogP contribution in [-0.4, -0.2) is 15.9 Å². The van der Waals surface area contributed by atoms with Gasteiger partial charge in [-0.05, 0) is 12.1 Å². The summed E-state index contributed by atoms with van der Waals surface area (Å²) >= 11 is 11.5. The van der Waals surface area contributed by atoms with Gasteiger partial charge in [-0.25, -0.2) is 14.4 Å². The van der Waals surface area contributed by atoms with Gasteiger partial charge in [0.2, 0.25) is 5.91 Å². The van der Waals surface area contributed by atoms with Gasteiger partial charge in [0.25, 0.3) is 0 Å². The lowest BCUT2D eigenvalue weighted by Gasteiger charge is -2.06. The smallest absolute Gasteiger partial charge is 0.230 e. The van der Waals surface area contributed by atoms with E-state index in [1.54, 1.807) is 0 Å². The Bertz CT molecular complexity index is 601. The monoisotopic (exact) mass is 299 g/mol. The third-order valence-corrected chi connectivity index (χ3v) is 2.86. The minimum Gasteiger partial charge on any atom is -0.310 e. The molecule has 0 spiro atoms. The number of hydrogen-bond acceptors (Lipinski definition) is 3. The third kappa shape index (κ3) is 3.62. The number of halogens is 3. The van der Waals surface area contributed by atoms with Crippen LogP contribution in [0.3, 0.4) is 0 Å². The van der Waals surface area contributed by atoms with Crippen LogP contribution in [0, 0.1) is 5.82 Å². The van der Waals surface area contributed by atoms with Crippen molar-refractivity contribution in [2.45, 2.75) is 6.42 Å². The molecule has 0 bridgehead atoms. The summed E-state index contributed by atoms with van der Waals surface area (Å²) < 4.78 is 13.5. The number of benzene rings is 1. The van der Waals surface area contributed by atoms with Crippen LogP contribution in [-0.2, 0) is 11.2 Å². The summed E-state index contributed by atoms with van der Waals surface area (Å²) in [6, 6.07) is 5.64. The Hall–Kier alpha value is -1.72. The van der Waals surface area contributed by atoms with Gasteiger partial charge >= 0.3 is 0 Å². The Kier molecular flexibility index (Phi) is 4.29. The van der Waals surface area contributed by atoms with Crippen molar-refractivity contribution in [2.75, 3.05) is 5.32 Å². The summed E-state index contributed by atoms with van der Waals surface area (Å²) in [5, 5.41) is 2.89. The Morgan fingerprint density at radius 3 is 2.79 bits per heavy atom. The van der Waals surface area contributed by atoms with Gasteiger partial charge in [0.05, 0.1) is 6.42 Å². The van der Waals surface area contributed by atoms with Crippen LogP contribution < -0.4 is 5.32 Å². The van der Waals surface area contributed by atoms with Crippen molar-refractivity contribution in [2.24, 2.45) is 0 Å². The van der Waals surface area contributed by atoms with E-state index in [-0.39, 0.29) is 28.0 Å². The third-order valence-electron chi connectivity index (χ3n) is 2.30. The minimum atomic E-state index is -0.525. The van der Waals surface area contributed by atoms with Crippen molar-refractivity contribution in [3.05, 3.63) is 52.1 Å². The maximum absolute atomic E-state index is 13.5. The molecule has 7 heteroatoms. The van der Waals surface area contributed by atoms with Crippen LogP contribution in [0.1, 0.15) is 5.56 Å². The summed E-state index contributed by atoms with van der Waals surface area (Å²) in [7, 11) is 0. The summed E-state index contributed by atoms with van der Waals surface area (Å²) in [6.07, 6.45) is 1.03. The standard InChI is InChI=1S/C12H8Cl2FN3O/c13-8-2-1-3-9(15)7(8)4-12(19)18-11-5-10(14)16-6-17-11/h1-3,5-6H,4H2,(H,16,17,18,19). The lowest BCUT2D eigenvalue weighted by Crippen LogP contribution is -2.16. The van der Waals surface area contributed by atoms with E-state index in [1.807, 2.05) is 0 Å². The fourth-order valence-corrected chi connectivity index (χ4v) is 1.83. The van der Waals surface area contributed by atoms with Crippen molar-refractivity contribution >= 4 is 34.9 Å². The van der Waals surface area contributed by atoms with E-state index in [1.165, 1.54) is 30.6 Å². The molecule has 1 aromatic heterocycles. The normalized spacial score (nSPS) is 10.3. The maximum atomic E-state index is 13.5. The highest BCUT2D eigenvalue weighted by atomic mass is 35.5. The zero-order valence-electron chi connectivity index (χ0n) is 9.53. The number of hydrogen-bond donors (Lipinski definition) is 1. The molecule has 19 heavy (non-hydrogen) atoms. The van der Waals surface area contributed by atoms with Gasteiger partial charge in [-0.3, -0.25) is 4.79 Å². The molecule has 1 amide bonds. The van der Waals surface area contributed by atoms with Crippen molar-refractivity contribution in [3.8, 4) is 0 Å². The second-order valence-corrected chi connectivity index (χ2v) is 4.45. The van der Waals surface area contributed by atoms with Gasteiger partial charge in [-0.1, -0.05) is 29.3 Å². The molecule has 1 aromatic carbocycles. The zero-order chi connectivity index (χ0) is 13.8. The van der Waals surface area contributed by atoms with Crippen molar-refractivity contribution < 1.29 is 9.18 Å². The Labute approximate surface area is 118 Å². The number of carbonyl (C=O) groups is 1. The van der Waals surface area contributed by atoms with E-state index in [4.69, 9.17) is 23.2 Å². The fourth-order valence-electron chi connectivity index (χ4n) is 1.45. The van der Waals surface area contributed by atoms with E-state index >= 15 is 0 Å². The van der Waals surface area contributed by atoms with Gasteiger partial charge in [0.15, 0.2) is 0 Å². The molecular weight excluding hydrogens is 292 g/mol. The number of rotatable bonds is 3. The van der Waals surface area contributed by atoms with Crippen LogP contribution >= 0.6 is 23.2 Å². The molecule has 1 N–H and O–H groups in total. The van der Waals surface area contributed by atoms with Gasteiger partial charge in [0.1, 0.15) is 23.1 Å². The molecule has 0 saturated heterocycles. The van der Waals surface area contributed by atoms with E-state index < -0.39 is 11.7 Å². The van der Waals surface area contributed by atoms with E-state index in [2.05, 4.69) is 15.3 Å². The molecule has 0 fully saturated rings. The molecule has 2 aromatic rings. The average molecular weight is 300 g/mol.